The van der Waals surface area contributed by atoms with Gasteiger partial charge in [-0.05, 0) is 18.2 Å². The Labute approximate surface area is 125 Å². The standard InChI is InChI=1S/C15H14N4O3/c1-18-6-5-10(8-14(18)20)15(21)16-13-9-11(17-19(13)2)12-4-3-7-22-12/h3-9H,1-2H3,(H,16,21). The smallest absolute Gasteiger partial charge is 0.257 e. The van der Waals surface area contributed by atoms with Crippen molar-refractivity contribution >= 4 is 11.7 Å². The van der Waals surface area contributed by atoms with Gasteiger partial charge in [-0.15, -0.1) is 0 Å². The van der Waals surface area contributed by atoms with E-state index >= 15 is 0 Å². The maximum atomic E-state index is 12.2. The molecule has 0 bridgehead atoms. The van der Waals surface area contributed by atoms with E-state index in [9.17, 15) is 9.59 Å². The molecule has 0 spiro atoms. The van der Waals surface area contributed by atoms with Crippen LogP contribution >= 0.6 is 0 Å². The van der Waals surface area contributed by atoms with E-state index in [1.807, 2.05) is 0 Å². The van der Waals surface area contributed by atoms with Crippen LogP contribution in [0.2, 0.25) is 0 Å². The van der Waals surface area contributed by atoms with Gasteiger partial charge in [-0.1, -0.05) is 0 Å². The molecule has 0 aliphatic carbocycles. The van der Waals surface area contributed by atoms with Crippen LogP contribution in [-0.2, 0) is 14.1 Å². The van der Waals surface area contributed by atoms with Crippen molar-refractivity contribution in [1.29, 1.82) is 0 Å². The maximum Gasteiger partial charge on any atom is 0.257 e. The molecule has 3 rings (SSSR count). The fraction of sp³-hybridized carbons (Fsp3) is 0.133. The van der Waals surface area contributed by atoms with Gasteiger partial charge in [0, 0.05) is 38.0 Å². The third-order valence-electron chi connectivity index (χ3n) is 3.26. The minimum absolute atomic E-state index is 0.242. The topological polar surface area (TPSA) is 82.1 Å². The summed E-state index contributed by atoms with van der Waals surface area (Å²) in [5.41, 5.74) is 0.671. The first-order valence-electron chi connectivity index (χ1n) is 6.60. The van der Waals surface area contributed by atoms with Crippen LogP contribution in [0.15, 0.2) is 52.0 Å². The molecule has 0 saturated carbocycles. The van der Waals surface area contributed by atoms with Crippen molar-refractivity contribution in [3.8, 4) is 11.5 Å². The van der Waals surface area contributed by atoms with Gasteiger partial charge in [-0.2, -0.15) is 5.10 Å². The Bertz CT molecular complexity index is 875. The Morgan fingerprint density at radius 3 is 2.77 bits per heavy atom. The molecule has 3 heterocycles. The first-order chi connectivity index (χ1) is 10.5. The molecule has 0 aliphatic rings. The third kappa shape index (κ3) is 2.56. The van der Waals surface area contributed by atoms with Crippen LogP contribution in [-0.4, -0.2) is 20.3 Å². The molecule has 0 radical (unpaired) electrons. The predicted molar refractivity (Wildman–Crippen MR) is 80.5 cm³/mol. The molecule has 0 unspecified atom stereocenters. The van der Waals surface area contributed by atoms with Crippen LogP contribution in [0.25, 0.3) is 11.5 Å². The largest absolute Gasteiger partial charge is 0.463 e. The van der Waals surface area contributed by atoms with Crippen LogP contribution in [0.1, 0.15) is 10.4 Å². The van der Waals surface area contributed by atoms with Gasteiger partial charge in [-0.25, -0.2) is 0 Å². The molecule has 0 atom stereocenters. The molecule has 7 nitrogen and oxygen atoms in total. The number of rotatable bonds is 3. The number of carbonyl (C=O) groups is 1. The van der Waals surface area contributed by atoms with E-state index in [1.54, 1.807) is 50.8 Å². The number of amides is 1. The third-order valence-corrected chi connectivity index (χ3v) is 3.26. The molecule has 0 fully saturated rings. The van der Waals surface area contributed by atoms with E-state index in [4.69, 9.17) is 4.42 Å². The second kappa shape index (κ2) is 5.36. The number of nitrogens with one attached hydrogen (secondary N) is 1. The first kappa shape index (κ1) is 13.9. The number of aromatic nitrogens is 3. The van der Waals surface area contributed by atoms with E-state index in [0.717, 1.165) is 0 Å². The molecule has 3 aromatic rings. The van der Waals surface area contributed by atoms with Crippen molar-refractivity contribution < 1.29 is 9.21 Å². The molecule has 0 aliphatic heterocycles. The highest BCUT2D eigenvalue weighted by atomic mass is 16.3. The number of nitrogens with zero attached hydrogens (tertiary/aromatic N) is 3. The number of carbonyl (C=O) groups excluding carboxylic acids is 1. The van der Waals surface area contributed by atoms with Crippen LogP contribution in [0.5, 0.6) is 0 Å². The number of furan rings is 1. The lowest BCUT2D eigenvalue weighted by Crippen LogP contribution is -2.20. The van der Waals surface area contributed by atoms with Gasteiger partial charge in [0.2, 0.25) is 0 Å². The number of anilines is 1. The molecular formula is C15H14N4O3. The highest BCUT2D eigenvalue weighted by Crippen LogP contribution is 2.21. The molecule has 112 valence electrons. The monoisotopic (exact) mass is 298 g/mol. The highest BCUT2D eigenvalue weighted by Gasteiger charge is 2.13. The summed E-state index contributed by atoms with van der Waals surface area (Å²) in [6.07, 6.45) is 3.11. The molecular weight excluding hydrogens is 284 g/mol. The average molecular weight is 298 g/mol. The Kier molecular flexibility index (Phi) is 3.38. The lowest BCUT2D eigenvalue weighted by atomic mass is 10.2. The van der Waals surface area contributed by atoms with Crippen molar-refractivity contribution in [3.63, 3.8) is 0 Å². The fourth-order valence-corrected chi connectivity index (χ4v) is 2.01. The zero-order valence-electron chi connectivity index (χ0n) is 12.1. The summed E-state index contributed by atoms with van der Waals surface area (Å²) >= 11 is 0. The SMILES string of the molecule is Cn1nc(-c2ccco2)cc1NC(=O)c1ccn(C)c(=O)c1. The zero-order valence-corrected chi connectivity index (χ0v) is 12.1. The zero-order chi connectivity index (χ0) is 15.7. The Balaban J connectivity index is 1.85. The van der Waals surface area contributed by atoms with Gasteiger partial charge in [-0.3, -0.25) is 14.3 Å². The molecule has 7 heteroatoms. The van der Waals surface area contributed by atoms with E-state index in [0.29, 0.717) is 22.8 Å². The maximum absolute atomic E-state index is 12.2. The van der Waals surface area contributed by atoms with Crippen LogP contribution in [0.4, 0.5) is 5.82 Å². The molecule has 1 amide bonds. The Morgan fingerprint density at radius 2 is 2.09 bits per heavy atom. The van der Waals surface area contributed by atoms with Gasteiger partial charge in [0.1, 0.15) is 11.5 Å². The van der Waals surface area contributed by atoms with Crippen LogP contribution in [0.3, 0.4) is 0 Å². The number of hydrogen-bond acceptors (Lipinski definition) is 4. The number of hydrogen-bond donors (Lipinski definition) is 1. The summed E-state index contributed by atoms with van der Waals surface area (Å²) in [4.78, 5) is 23.8. The average Bonchev–Trinajstić information content (AvgIpc) is 3.12. The Hall–Kier alpha value is -3.09. The van der Waals surface area contributed by atoms with Gasteiger partial charge >= 0.3 is 0 Å². The quantitative estimate of drug-likeness (QED) is 0.796. The second-order valence-electron chi connectivity index (χ2n) is 4.83. The Morgan fingerprint density at radius 1 is 1.27 bits per heavy atom. The number of aryl methyl sites for hydroxylation is 2. The van der Waals surface area contributed by atoms with Crippen LogP contribution in [0, 0.1) is 0 Å². The summed E-state index contributed by atoms with van der Waals surface area (Å²) in [5.74, 6) is 0.758. The van der Waals surface area contributed by atoms with E-state index in [2.05, 4.69) is 10.4 Å². The summed E-state index contributed by atoms with van der Waals surface area (Å²) in [7, 11) is 3.34. The lowest BCUT2D eigenvalue weighted by Gasteiger charge is -2.05. The fourth-order valence-electron chi connectivity index (χ4n) is 2.01. The van der Waals surface area contributed by atoms with Gasteiger partial charge in [0.05, 0.1) is 6.26 Å². The van der Waals surface area contributed by atoms with Crippen molar-refractivity contribution in [3.05, 3.63) is 58.7 Å². The summed E-state index contributed by atoms with van der Waals surface area (Å²) in [6, 6.07) is 8.13. The highest BCUT2D eigenvalue weighted by molar-refractivity contribution is 6.03. The lowest BCUT2D eigenvalue weighted by molar-refractivity contribution is 0.102. The van der Waals surface area contributed by atoms with Crippen LogP contribution < -0.4 is 10.9 Å². The van der Waals surface area contributed by atoms with Crippen molar-refractivity contribution in [2.45, 2.75) is 0 Å². The summed E-state index contributed by atoms with van der Waals surface area (Å²) in [6.45, 7) is 0. The first-order valence-corrected chi connectivity index (χ1v) is 6.60. The second-order valence-corrected chi connectivity index (χ2v) is 4.83. The molecule has 0 aromatic carbocycles. The van der Waals surface area contributed by atoms with E-state index in [-0.39, 0.29) is 11.5 Å². The molecule has 1 N–H and O–H groups in total. The minimum atomic E-state index is -0.369. The van der Waals surface area contributed by atoms with Crippen molar-refractivity contribution in [2.24, 2.45) is 14.1 Å². The van der Waals surface area contributed by atoms with Gasteiger partial charge in [0.25, 0.3) is 11.5 Å². The number of pyridine rings is 1. The normalized spacial score (nSPS) is 10.6. The predicted octanol–water partition coefficient (Wildman–Crippen LogP) is 1.63. The molecule has 22 heavy (non-hydrogen) atoms. The van der Waals surface area contributed by atoms with Crippen molar-refractivity contribution in [1.82, 2.24) is 14.3 Å². The summed E-state index contributed by atoms with van der Waals surface area (Å²) in [5, 5.41) is 7.00. The summed E-state index contributed by atoms with van der Waals surface area (Å²) < 4.78 is 8.21. The molecule has 0 saturated heterocycles. The minimum Gasteiger partial charge on any atom is -0.463 e. The van der Waals surface area contributed by atoms with Gasteiger partial charge < -0.3 is 14.3 Å². The van der Waals surface area contributed by atoms with Crippen molar-refractivity contribution in [2.75, 3.05) is 5.32 Å². The van der Waals surface area contributed by atoms with Gasteiger partial charge in [0.15, 0.2) is 5.76 Å². The van der Waals surface area contributed by atoms with E-state index in [1.165, 1.54) is 15.3 Å². The molecule has 3 aromatic heterocycles. The van der Waals surface area contributed by atoms with E-state index < -0.39 is 0 Å².